The van der Waals surface area contributed by atoms with Gasteiger partial charge in [0, 0.05) is 11.8 Å². The van der Waals surface area contributed by atoms with Crippen molar-refractivity contribution in [3.63, 3.8) is 0 Å². The first-order chi connectivity index (χ1) is 9.65. The fraction of sp³-hybridized carbons (Fsp3) is 0.824. The fourth-order valence-corrected chi connectivity index (χ4v) is 5.66. The van der Waals surface area contributed by atoms with Gasteiger partial charge in [-0.3, -0.25) is 14.4 Å². The van der Waals surface area contributed by atoms with Crippen LogP contribution in [0.4, 0.5) is 0 Å². The quantitative estimate of drug-likeness (QED) is 0.638. The summed E-state index contributed by atoms with van der Waals surface area (Å²) in [6.45, 7) is 0. The number of fused-ring (bicyclic) bond motifs is 3. The van der Waals surface area contributed by atoms with Crippen molar-refractivity contribution in [2.24, 2.45) is 35.5 Å². The Morgan fingerprint density at radius 1 is 0.600 bits per heavy atom. The van der Waals surface area contributed by atoms with Crippen LogP contribution in [0.1, 0.15) is 51.4 Å². The Hall–Kier alpha value is -0.990. The lowest BCUT2D eigenvalue weighted by Gasteiger charge is -2.48. The van der Waals surface area contributed by atoms with Crippen LogP contribution in [0.25, 0.3) is 0 Å². The van der Waals surface area contributed by atoms with Crippen molar-refractivity contribution in [3.8, 4) is 0 Å². The zero-order valence-corrected chi connectivity index (χ0v) is 11.8. The van der Waals surface area contributed by atoms with Crippen molar-refractivity contribution in [2.45, 2.75) is 51.4 Å². The van der Waals surface area contributed by atoms with Crippen LogP contribution in [0, 0.1) is 35.5 Å². The summed E-state index contributed by atoms with van der Waals surface area (Å²) >= 11 is 0. The summed E-state index contributed by atoms with van der Waals surface area (Å²) in [5.41, 5.74) is 0. The molecule has 4 saturated carbocycles. The molecule has 0 radical (unpaired) electrons. The zero-order chi connectivity index (χ0) is 13.9. The molecule has 0 aromatic carbocycles. The molecule has 0 saturated heterocycles. The van der Waals surface area contributed by atoms with Gasteiger partial charge < -0.3 is 0 Å². The third-order valence-electron chi connectivity index (χ3n) is 6.66. The summed E-state index contributed by atoms with van der Waals surface area (Å²) in [5.74, 6) is 0.947. The largest absolute Gasteiger partial charge is 0.290 e. The molecule has 4 rings (SSSR count). The highest BCUT2D eigenvalue weighted by molar-refractivity contribution is 6.68. The zero-order valence-electron chi connectivity index (χ0n) is 11.8. The van der Waals surface area contributed by atoms with Crippen LogP contribution >= 0.6 is 0 Å². The summed E-state index contributed by atoms with van der Waals surface area (Å²) in [7, 11) is 0. The Labute approximate surface area is 119 Å². The van der Waals surface area contributed by atoms with Crippen LogP contribution < -0.4 is 0 Å². The topological polar surface area (TPSA) is 51.2 Å². The molecule has 0 aliphatic heterocycles. The van der Waals surface area contributed by atoms with Crippen LogP contribution in [0.5, 0.6) is 0 Å². The molecule has 0 amide bonds. The minimum absolute atomic E-state index is 0.253. The number of carbonyl (C=O) groups excluding carboxylic acids is 3. The Balaban J connectivity index is 1.56. The van der Waals surface area contributed by atoms with E-state index < -0.39 is 5.78 Å². The lowest BCUT2D eigenvalue weighted by atomic mass is 9.57. The van der Waals surface area contributed by atoms with Crippen LogP contribution in [0.15, 0.2) is 0 Å². The fourth-order valence-electron chi connectivity index (χ4n) is 5.66. The van der Waals surface area contributed by atoms with E-state index in [1.807, 2.05) is 0 Å². The predicted octanol–water partition coefficient (Wildman–Crippen LogP) is 2.57. The molecule has 3 nitrogen and oxygen atoms in total. The molecule has 3 heteroatoms. The molecule has 0 aromatic heterocycles. The molecular weight excluding hydrogens is 252 g/mol. The van der Waals surface area contributed by atoms with Gasteiger partial charge >= 0.3 is 0 Å². The first-order valence-electron chi connectivity index (χ1n) is 8.27. The Morgan fingerprint density at radius 3 is 1.50 bits per heavy atom. The Bertz CT molecular complexity index is 439. The normalized spacial score (nSPS) is 47.7. The van der Waals surface area contributed by atoms with Crippen LogP contribution in [-0.4, -0.2) is 17.3 Å². The van der Waals surface area contributed by atoms with Crippen LogP contribution in [0.3, 0.4) is 0 Å². The van der Waals surface area contributed by atoms with Gasteiger partial charge in [-0.05, 0) is 49.4 Å². The third kappa shape index (κ3) is 1.74. The molecule has 4 aliphatic rings. The van der Waals surface area contributed by atoms with Crippen molar-refractivity contribution in [3.05, 3.63) is 0 Å². The second-order valence-electron chi connectivity index (χ2n) is 7.54. The number of carbonyl (C=O) groups is 3. The maximum Gasteiger partial charge on any atom is 0.264 e. The van der Waals surface area contributed by atoms with Gasteiger partial charge in [0.05, 0.1) is 0 Å². The monoisotopic (exact) mass is 274 g/mol. The van der Waals surface area contributed by atoms with Gasteiger partial charge in [-0.2, -0.15) is 0 Å². The van der Waals surface area contributed by atoms with E-state index in [0.717, 1.165) is 24.7 Å². The molecule has 108 valence electrons. The molecule has 0 N–H and O–H groups in total. The van der Waals surface area contributed by atoms with Crippen molar-refractivity contribution in [2.75, 3.05) is 0 Å². The van der Waals surface area contributed by atoms with Gasteiger partial charge in [-0.25, -0.2) is 0 Å². The highest BCUT2D eigenvalue weighted by Gasteiger charge is 2.54. The van der Waals surface area contributed by atoms with E-state index in [4.69, 9.17) is 0 Å². The van der Waals surface area contributed by atoms with Gasteiger partial charge in [-0.1, -0.05) is 25.7 Å². The summed E-state index contributed by atoms with van der Waals surface area (Å²) in [4.78, 5) is 35.5. The van der Waals surface area contributed by atoms with Gasteiger partial charge in [0.1, 0.15) is 0 Å². The summed E-state index contributed by atoms with van der Waals surface area (Å²) < 4.78 is 0. The lowest BCUT2D eigenvalue weighted by molar-refractivity contribution is -0.141. The van der Waals surface area contributed by atoms with E-state index in [0.29, 0.717) is 11.8 Å². The molecule has 4 fully saturated rings. The molecule has 0 aromatic rings. The second kappa shape index (κ2) is 4.51. The average molecular weight is 274 g/mol. The maximum atomic E-state index is 11.9. The highest BCUT2D eigenvalue weighted by atomic mass is 16.2. The van der Waals surface area contributed by atoms with E-state index in [9.17, 15) is 14.4 Å². The van der Waals surface area contributed by atoms with E-state index in [-0.39, 0.29) is 23.4 Å². The lowest BCUT2D eigenvalue weighted by Crippen LogP contribution is -2.41. The number of rotatable bonds is 0. The van der Waals surface area contributed by atoms with Gasteiger partial charge in [0.15, 0.2) is 0 Å². The Morgan fingerprint density at radius 2 is 1.05 bits per heavy atom. The molecule has 0 heterocycles. The minimum atomic E-state index is -0.698. The van der Waals surface area contributed by atoms with Crippen molar-refractivity contribution >= 4 is 17.3 Å². The minimum Gasteiger partial charge on any atom is -0.290 e. The summed E-state index contributed by atoms with van der Waals surface area (Å²) in [6, 6.07) is 0. The van der Waals surface area contributed by atoms with Gasteiger partial charge in [0.25, 0.3) is 5.78 Å². The molecule has 4 aliphatic carbocycles. The first kappa shape index (κ1) is 12.7. The highest BCUT2D eigenvalue weighted by Crippen LogP contribution is 2.53. The standard InChI is InChI=1S/C17H22O3/c18-15-13-7-11-5-9-3-1-2-4-10(9)6-12(11)8-14(13)16(19)17(15)20/h9-14H,1-8H2. The molecule has 0 bridgehead atoms. The van der Waals surface area contributed by atoms with Crippen LogP contribution in [-0.2, 0) is 14.4 Å². The van der Waals surface area contributed by atoms with Crippen molar-refractivity contribution < 1.29 is 14.4 Å². The smallest absolute Gasteiger partial charge is 0.264 e. The number of hydrogen-bond acceptors (Lipinski definition) is 3. The second-order valence-corrected chi connectivity index (χ2v) is 7.54. The first-order valence-corrected chi connectivity index (χ1v) is 8.27. The van der Waals surface area contributed by atoms with E-state index in [1.165, 1.54) is 38.5 Å². The molecule has 6 unspecified atom stereocenters. The van der Waals surface area contributed by atoms with Crippen molar-refractivity contribution in [1.82, 2.24) is 0 Å². The van der Waals surface area contributed by atoms with E-state index >= 15 is 0 Å². The number of Topliss-reactive ketones (excluding diaryl/α,β-unsaturated/α-hetero) is 3. The van der Waals surface area contributed by atoms with Gasteiger partial charge in [-0.15, -0.1) is 0 Å². The SMILES string of the molecule is O=C1C(=O)C2CC3CC4CCCCC4CC3CC2C1=O. The number of hydrogen-bond donors (Lipinski definition) is 0. The molecule has 20 heavy (non-hydrogen) atoms. The maximum absolute atomic E-state index is 11.9. The Kier molecular flexibility index (Phi) is 2.87. The average Bonchev–Trinajstić information content (AvgIpc) is 2.68. The molecule has 0 spiro atoms. The molecule has 6 atom stereocenters. The van der Waals surface area contributed by atoms with Crippen molar-refractivity contribution in [1.29, 1.82) is 0 Å². The third-order valence-corrected chi connectivity index (χ3v) is 6.66. The van der Waals surface area contributed by atoms with E-state index in [2.05, 4.69) is 0 Å². The number of ketones is 3. The molecular formula is C17H22O3. The van der Waals surface area contributed by atoms with Crippen LogP contribution in [0.2, 0.25) is 0 Å². The summed E-state index contributed by atoms with van der Waals surface area (Å²) in [6.07, 6.45) is 9.55. The predicted molar refractivity (Wildman–Crippen MR) is 72.9 cm³/mol. The van der Waals surface area contributed by atoms with E-state index in [1.54, 1.807) is 0 Å². The van der Waals surface area contributed by atoms with Gasteiger partial charge in [0.2, 0.25) is 11.6 Å². The summed E-state index contributed by atoms with van der Waals surface area (Å²) in [5, 5.41) is 0.